The average molecular weight is 310 g/mol. The van der Waals surface area contributed by atoms with Crippen LogP contribution in [0.25, 0.3) is 0 Å². The minimum absolute atomic E-state index is 0.176. The second kappa shape index (κ2) is 7.62. The zero-order valence-corrected chi connectivity index (χ0v) is 13.6. The largest absolute Gasteiger partial charge is 0.394 e. The van der Waals surface area contributed by atoms with Gasteiger partial charge in [-0.15, -0.1) is 0 Å². The Hall–Kier alpha value is -1.84. The van der Waals surface area contributed by atoms with Gasteiger partial charge in [0.1, 0.15) is 0 Å². The minimum Gasteiger partial charge on any atom is -0.394 e. The number of rotatable bonds is 6. The first-order chi connectivity index (χ1) is 11.3. The van der Waals surface area contributed by atoms with Crippen LogP contribution in [0, 0.1) is 0 Å². The van der Waals surface area contributed by atoms with E-state index in [2.05, 4.69) is 52.7 Å². The summed E-state index contributed by atoms with van der Waals surface area (Å²) in [5.41, 5.74) is 2.32. The van der Waals surface area contributed by atoms with E-state index in [9.17, 15) is 5.11 Å². The van der Waals surface area contributed by atoms with Crippen molar-refractivity contribution in [1.29, 1.82) is 0 Å². The van der Waals surface area contributed by atoms with Crippen LogP contribution in [0.15, 0.2) is 60.7 Å². The lowest BCUT2D eigenvalue weighted by molar-refractivity contribution is 0.119. The van der Waals surface area contributed by atoms with Crippen LogP contribution < -0.4 is 5.32 Å². The van der Waals surface area contributed by atoms with E-state index >= 15 is 0 Å². The normalized spacial score (nSPS) is 17.8. The Bertz CT molecular complexity index is 577. The molecule has 1 aliphatic heterocycles. The van der Waals surface area contributed by atoms with Crippen molar-refractivity contribution in [3.63, 3.8) is 0 Å². The van der Waals surface area contributed by atoms with Gasteiger partial charge < -0.3 is 15.3 Å². The Balaban J connectivity index is 1.52. The van der Waals surface area contributed by atoms with Gasteiger partial charge >= 0.3 is 0 Å². The van der Waals surface area contributed by atoms with Crippen LogP contribution in [-0.4, -0.2) is 41.8 Å². The molecule has 122 valence electrons. The molecule has 0 atom stereocenters. The number of anilines is 1. The van der Waals surface area contributed by atoms with Crippen molar-refractivity contribution in [3.8, 4) is 0 Å². The van der Waals surface area contributed by atoms with E-state index in [-0.39, 0.29) is 12.1 Å². The molecule has 0 radical (unpaired) electrons. The fraction of sp³-hybridized carbons (Fsp3) is 0.400. The highest BCUT2D eigenvalue weighted by molar-refractivity contribution is 5.45. The third-order valence-corrected chi connectivity index (χ3v) is 4.86. The molecule has 2 aromatic rings. The number of likely N-dealkylation sites (tertiary alicyclic amines) is 1. The van der Waals surface area contributed by atoms with Gasteiger partial charge in [-0.05, 0) is 37.0 Å². The van der Waals surface area contributed by atoms with Crippen LogP contribution in [0.2, 0.25) is 0 Å². The van der Waals surface area contributed by atoms with Gasteiger partial charge in [0.2, 0.25) is 0 Å². The van der Waals surface area contributed by atoms with Crippen LogP contribution in [0.5, 0.6) is 0 Å². The van der Waals surface area contributed by atoms with E-state index in [1.807, 2.05) is 18.2 Å². The molecule has 0 amide bonds. The first kappa shape index (κ1) is 16.0. The maximum absolute atomic E-state index is 9.92. The molecule has 0 spiro atoms. The summed E-state index contributed by atoms with van der Waals surface area (Å²) in [5, 5.41) is 13.5. The van der Waals surface area contributed by atoms with Gasteiger partial charge in [0.15, 0.2) is 0 Å². The highest BCUT2D eigenvalue weighted by Crippen LogP contribution is 2.26. The Labute approximate surface area is 139 Å². The molecule has 3 heteroatoms. The summed E-state index contributed by atoms with van der Waals surface area (Å²) >= 11 is 0. The van der Waals surface area contributed by atoms with Crippen molar-refractivity contribution in [2.24, 2.45) is 0 Å². The topological polar surface area (TPSA) is 35.5 Å². The number of para-hydroxylation sites is 1. The molecule has 1 fully saturated rings. The Kier molecular flexibility index (Phi) is 5.31. The van der Waals surface area contributed by atoms with Gasteiger partial charge in [-0.25, -0.2) is 0 Å². The van der Waals surface area contributed by atoms with Gasteiger partial charge in [-0.1, -0.05) is 48.5 Å². The molecule has 3 rings (SSSR count). The Morgan fingerprint density at radius 2 is 1.52 bits per heavy atom. The van der Waals surface area contributed by atoms with Gasteiger partial charge in [0.25, 0.3) is 0 Å². The molecule has 2 aromatic carbocycles. The molecule has 0 aromatic heterocycles. The molecule has 0 saturated carbocycles. The van der Waals surface area contributed by atoms with Gasteiger partial charge in [-0.3, -0.25) is 0 Å². The molecule has 1 heterocycles. The van der Waals surface area contributed by atoms with Crippen molar-refractivity contribution in [2.75, 3.05) is 31.6 Å². The molecular formula is C20H26N2O. The SMILES string of the molecule is OCC1(Nc2ccccc2)CCN(CCc2ccccc2)CC1. The van der Waals surface area contributed by atoms with Gasteiger partial charge in [-0.2, -0.15) is 0 Å². The van der Waals surface area contributed by atoms with E-state index in [1.165, 1.54) is 5.56 Å². The van der Waals surface area contributed by atoms with E-state index in [1.54, 1.807) is 0 Å². The predicted molar refractivity (Wildman–Crippen MR) is 95.7 cm³/mol. The molecule has 3 nitrogen and oxygen atoms in total. The molecule has 23 heavy (non-hydrogen) atoms. The highest BCUT2D eigenvalue weighted by atomic mass is 16.3. The quantitative estimate of drug-likeness (QED) is 0.860. The lowest BCUT2D eigenvalue weighted by Crippen LogP contribution is -2.52. The summed E-state index contributed by atoms with van der Waals surface area (Å²) in [6.45, 7) is 3.35. The summed E-state index contributed by atoms with van der Waals surface area (Å²) in [7, 11) is 0. The van der Waals surface area contributed by atoms with Crippen LogP contribution >= 0.6 is 0 Å². The zero-order chi connectivity index (χ0) is 16.0. The van der Waals surface area contributed by atoms with Crippen molar-refractivity contribution in [1.82, 2.24) is 4.90 Å². The maximum atomic E-state index is 9.92. The Morgan fingerprint density at radius 1 is 0.913 bits per heavy atom. The standard InChI is InChI=1S/C20H26N2O/c23-17-20(21-19-9-5-2-6-10-19)12-15-22(16-13-20)14-11-18-7-3-1-4-8-18/h1-10,21,23H,11-17H2. The molecule has 1 saturated heterocycles. The summed E-state index contributed by atoms with van der Waals surface area (Å²) in [6.07, 6.45) is 3.06. The fourth-order valence-electron chi connectivity index (χ4n) is 3.29. The summed E-state index contributed by atoms with van der Waals surface area (Å²) in [4.78, 5) is 2.51. The van der Waals surface area contributed by atoms with Crippen LogP contribution in [0.4, 0.5) is 5.69 Å². The molecule has 0 unspecified atom stereocenters. The predicted octanol–water partition coefficient (Wildman–Crippen LogP) is 3.17. The van der Waals surface area contributed by atoms with Crippen molar-refractivity contribution < 1.29 is 5.11 Å². The number of aliphatic hydroxyl groups excluding tert-OH is 1. The van der Waals surface area contributed by atoms with Crippen molar-refractivity contribution in [3.05, 3.63) is 66.2 Å². The lowest BCUT2D eigenvalue weighted by Gasteiger charge is -2.42. The van der Waals surface area contributed by atoms with E-state index in [0.29, 0.717) is 0 Å². The van der Waals surface area contributed by atoms with Crippen LogP contribution in [0.3, 0.4) is 0 Å². The summed E-state index contributed by atoms with van der Waals surface area (Å²) in [5.74, 6) is 0. The Morgan fingerprint density at radius 3 is 2.13 bits per heavy atom. The first-order valence-electron chi connectivity index (χ1n) is 8.50. The first-order valence-corrected chi connectivity index (χ1v) is 8.50. The smallest absolute Gasteiger partial charge is 0.0662 e. The molecule has 1 aliphatic rings. The molecule has 2 N–H and O–H groups in total. The number of hydrogen-bond donors (Lipinski definition) is 2. The number of hydrogen-bond acceptors (Lipinski definition) is 3. The van der Waals surface area contributed by atoms with Crippen LogP contribution in [-0.2, 0) is 6.42 Å². The molecule has 0 bridgehead atoms. The number of piperidine rings is 1. The maximum Gasteiger partial charge on any atom is 0.0662 e. The minimum atomic E-state index is -0.176. The van der Waals surface area contributed by atoms with E-state index in [0.717, 1.165) is 44.6 Å². The third kappa shape index (κ3) is 4.34. The number of aliphatic hydroxyl groups is 1. The monoisotopic (exact) mass is 310 g/mol. The fourth-order valence-corrected chi connectivity index (χ4v) is 3.29. The molecular weight excluding hydrogens is 284 g/mol. The summed E-state index contributed by atoms with van der Waals surface area (Å²) < 4.78 is 0. The lowest BCUT2D eigenvalue weighted by atomic mass is 9.87. The summed E-state index contributed by atoms with van der Waals surface area (Å²) in [6, 6.07) is 20.9. The molecule has 0 aliphatic carbocycles. The van der Waals surface area contributed by atoms with E-state index < -0.39 is 0 Å². The second-order valence-electron chi connectivity index (χ2n) is 6.51. The zero-order valence-electron chi connectivity index (χ0n) is 13.6. The number of nitrogens with one attached hydrogen (secondary N) is 1. The van der Waals surface area contributed by atoms with Gasteiger partial charge in [0.05, 0.1) is 12.1 Å². The average Bonchev–Trinajstić information content (AvgIpc) is 2.63. The highest BCUT2D eigenvalue weighted by Gasteiger charge is 2.33. The third-order valence-electron chi connectivity index (χ3n) is 4.86. The van der Waals surface area contributed by atoms with E-state index in [4.69, 9.17) is 0 Å². The van der Waals surface area contributed by atoms with Crippen molar-refractivity contribution in [2.45, 2.75) is 24.8 Å². The second-order valence-corrected chi connectivity index (χ2v) is 6.51. The number of benzene rings is 2. The van der Waals surface area contributed by atoms with Crippen molar-refractivity contribution >= 4 is 5.69 Å². The van der Waals surface area contributed by atoms with Crippen LogP contribution in [0.1, 0.15) is 18.4 Å². The van der Waals surface area contributed by atoms with Gasteiger partial charge in [0, 0.05) is 25.3 Å². The number of nitrogens with zero attached hydrogens (tertiary/aromatic N) is 1.